The molecule has 4 nitrogen and oxygen atoms in total. The van der Waals surface area contributed by atoms with E-state index in [0.29, 0.717) is 10.7 Å². The zero-order valence-electron chi connectivity index (χ0n) is 14.3. The fourth-order valence-electron chi connectivity index (χ4n) is 2.44. The van der Waals surface area contributed by atoms with Crippen LogP contribution in [0.4, 0.5) is 11.4 Å². The van der Waals surface area contributed by atoms with Crippen molar-refractivity contribution in [2.75, 3.05) is 23.3 Å². The molecule has 1 N–H and O–H groups in total. The van der Waals surface area contributed by atoms with Gasteiger partial charge in [0.15, 0.2) is 0 Å². The molecule has 1 amide bonds. The number of anilines is 2. The molecule has 0 heterocycles. The first-order valence-electron chi connectivity index (χ1n) is 8.11. The monoisotopic (exact) mass is 353 g/mol. The molecule has 0 aliphatic heterocycles. The normalized spacial score (nSPS) is 10.9. The number of halogens is 1. The summed E-state index contributed by atoms with van der Waals surface area (Å²) in [6, 6.07) is 16.6. The number of nitriles is 1. The van der Waals surface area contributed by atoms with Crippen molar-refractivity contribution in [3.8, 4) is 6.07 Å². The van der Waals surface area contributed by atoms with Crippen LogP contribution in [0.3, 0.4) is 0 Å². The predicted octanol–water partition coefficient (Wildman–Crippen LogP) is 4.73. The van der Waals surface area contributed by atoms with Gasteiger partial charge in [0.05, 0.1) is 10.7 Å². The van der Waals surface area contributed by atoms with E-state index in [1.807, 2.05) is 30.3 Å². The lowest BCUT2D eigenvalue weighted by Gasteiger charge is -2.20. The zero-order valence-corrected chi connectivity index (χ0v) is 15.0. The van der Waals surface area contributed by atoms with E-state index in [0.717, 1.165) is 24.3 Å². The molecule has 0 saturated carbocycles. The third-order valence-corrected chi connectivity index (χ3v) is 4.15. The number of para-hydroxylation sites is 1. The first kappa shape index (κ1) is 18.6. The molecule has 128 valence electrons. The molecule has 0 radical (unpaired) electrons. The Hall–Kier alpha value is -2.77. The number of hydrogen-bond donors (Lipinski definition) is 1. The minimum absolute atomic E-state index is 0.0236. The average molecular weight is 354 g/mol. The van der Waals surface area contributed by atoms with Crippen LogP contribution in [0, 0.1) is 11.3 Å². The molecule has 0 aliphatic rings. The van der Waals surface area contributed by atoms with Gasteiger partial charge in [-0.15, -0.1) is 0 Å². The smallest absolute Gasteiger partial charge is 0.266 e. The lowest BCUT2D eigenvalue weighted by Crippen LogP contribution is -2.21. The average Bonchev–Trinajstić information content (AvgIpc) is 2.63. The Labute approximate surface area is 153 Å². The van der Waals surface area contributed by atoms with E-state index in [4.69, 9.17) is 11.6 Å². The standard InChI is InChI=1S/C20H20ClN3O/c1-3-24(4-2)17-11-9-15(10-12-17)13-16(14-22)20(25)23-19-8-6-5-7-18(19)21/h5-13H,3-4H2,1-2H3,(H,23,25)/b16-13+. The van der Waals surface area contributed by atoms with Crippen LogP contribution < -0.4 is 10.2 Å². The van der Waals surface area contributed by atoms with Crippen molar-refractivity contribution in [1.29, 1.82) is 5.26 Å². The Morgan fingerprint density at radius 2 is 1.80 bits per heavy atom. The molecule has 0 unspecified atom stereocenters. The van der Waals surface area contributed by atoms with Crippen LogP contribution in [0.5, 0.6) is 0 Å². The highest BCUT2D eigenvalue weighted by molar-refractivity contribution is 6.34. The molecule has 0 spiro atoms. The second-order valence-corrected chi connectivity index (χ2v) is 5.77. The molecule has 0 fully saturated rings. The maximum Gasteiger partial charge on any atom is 0.266 e. The summed E-state index contributed by atoms with van der Waals surface area (Å²) in [5, 5.41) is 12.4. The van der Waals surface area contributed by atoms with Crippen LogP contribution in [-0.2, 0) is 4.79 Å². The van der Waals surface area contributed by atoms with Gasteiger partial charge in [-0.25, -0.2) is 0 Å². The van der Waals surface area contributed by atoms with E-state index >= 15 is 0 Å². The van der Waals surface area contributed by atoms with Crippen molar-refractivity contribution in [2.24, 2.45) is 0 Å². The van der Waals surface area contributed by atoms with Gasteiger partial charge in [0.2, 0.25) is 0 Å². The van der Waals surface area contributed by atoms with E-state index < -0.39 is 5.91 Å². The maximum atomic E-state index is 12.3. The Balaban J connectivity index is 2.18. The Bertz CT molecular complexity index is 802. The number of nitrogens with one attached hydrogen (secondary N) is 1. The largest absolute Gasteiger partial charge is 0.372 e. The Morgan fingerprint density at radius 3 is 2.36 bits per heavy atom. The van der Waals surface area contributed by atoms with Crippen molar-refractivity contribution in [3.05, 3.63) is 64.7 Å². The minimum atomic E-state index is -0.483. The number of carbonyl (C=O) groups excluding carboxylic acids is 1. The summed E-state index contributed by atoms with van der Waals surface area (Å²) in [7, 11) is 0. The summed E-state index contributed by atoms with van der Waals surface area (Å²) < 4.78 is 0. The van der Waals surface area contributed by atoms with Crippen molar-refractivity contribution in [1.82, 2.24) is 0 Å². The topological polar surface area (TPSA) is 56.1 Å². The molecule has 0 atom stereocenters. The highest BCUT2D eigenvalue weighted by Gasteiger charge is 2.11. The predicted molar refractivity (Wildman–Crippen MR) is 104 cm³/mol. The summed E-state index contributed by atoms with van der Waals surface area (Å²) in [4.78, 5) is 14.5. The first-order chi connectivity index (χ1) is 12.1. The molecule has 2 aromatic rings. The Morgan fingerprint density at radius 1 is 1.16 bits per heavy atom. The third-order valence-electron chi connectivity index (χ3n) is 3.82. The number of nitrogens with zero attached hydrogens (tertiary/aromatic N) is 2. The number of carbonyl (C=O) groups is 1. The molecule has 0 aromatic heterocycles. The van der Waals surface area contributed by atoms with Crippen LogP contribution in [0.1, 0.15) is 19.4 Å². The van der Waals surface area contributed by atoms with Crippen LogP contribution in [0.25, 0.3) is 6.08 Å². The Kier molecular flexibility index (Phi) is 6.62. The van der Waals surface area contributed by atoms with E-state index in [-0.39, 0.29) is 5.57 Å². The first-order valence-corrected chi connectivity index (χ1v) is 8.49. The lowest BCUT2D eigenvalue weighted by atomic mass is 10.1. The second kappa shape index (κ2) is 8.91. The third kappa shape index (κ3) is 4.85. The number of hydrogen-bond acceptors (Lipinski definition) is 3. The summed E-state index contributed by atoms with van der Waals surface area (Å²) in [5.41, 5.74) is 2.41. The van der Waals surface area contributed by atoms with Crippen molar-refractivity contribution < 1.29 is 4.79 Å². The highest BCUT2D eigenvalue weighted by atomic mass is 35.5. The summed E-state index contributed by atoms with van der Waals surface area (Å²) in [6.07, 6.45) is 1.57. The van der Waals surface area contributed by atoms with E-state index in [1.54, 1.807) is 30.3 Å². The molecular weight excluding hydrogens is 334 g/mol. The van der Waals surface area contributed by atoms with Crippen LogP contribution in [-0.4, -0.2) is 19.0 Å². The van der Waals surface area contributed by atoms with Gasteiger partial charge in [0.1, 0.15) is 11.6 Å². The number of amides is 1. The molecule has 5 heteroatoms. The van der Waals surface area contributed by atoms with Gasteiger partial charge < -0.3 is 10.2 Å². The fourth-order valence-corrected chi connectivity index (χ4v) is 2.62. The molecular formula is C20H20ClN3O. The molecule has 25 heavy (non-hydrogen) atoms. The maximum absolute atomic E-state index is 12.3. The van der Waals surface area contributed by atoms with Crippen molar-refractivity contribution in [2.45, 2.75) is 13.8 Å². The molecule has 2 rings (SSSR count). The van der Waals surface area contributed by atoms with Crippen LogP contribution in [0.15, 0.2) is 54.1 Å². The van der Waals surface area contributed by atoms with Gasteiger partial charge >= 0.3 is 0 Å². The van der Waals surface area contributed by atoms with Gasteiger partial charge in [0.25, 0.3) is 5.91 Å². The van der Waals surface area contributed by atoms with E-state index in [9.17, 15) is 10.1 Å². The second-order valence-electron chi connectivity index (χ2n) is 5.37. The van der Waals surface area contributed by atoms with Crippen LogP contribution >= 0.6 is 11.6 Å². The van der Waals surface area contributed by atoms with Gasteiger partial charge in [-0.2, -0.15) is 5.26 Å². The van der Waals surface area contributed by atoms with Crippen molar-refractivity contribution in [3.63, 3.8) is 0 Å². The molecule has 0 aliphatic carbocycles. The molecule has 0 saturated heterocycles. The minimum Gasteiger partial charge on any atom is -0.372 e. The van der Waals surface area contributed by atoms with Gasteiger partial charge in [0, 0.05) is 18.8 Å². The summed E-state index contributed by atoms with van der Waals surface area (Å²) >= 11 is 6.03. The lowest BCUT2D eigenvalue weighted by molar-refractivity contribution is -0.112. The number of rotatable bonds is 6. The fraction of sp³-hybridized carbons (Fsp3) is 0.200. The molecule has 2 aromatic carbocycles. The number of benzene rings is 2. The SMILES string of the molecule is CCN(CC)c1ccc(/C=C(\C#N)C(=O)Nc2ccccc2Cl)cc1. The van der Waals surface area contributed by atoms with Gasteiger partial charge in [-0.3, -0.25) is 4.79 Å². The highest BCUT2D eigenvalue weighted by Crippen LogP contribution is 2.22. The van der Waals surface area contributed by atoms with Gasteiger partial charge in [-0.1, -0.05) is 35.9 Å². The van der Waals surface area contributed by atoms with Gasteiger partial charge in [-0.05, 0) is 49.8 Å². The zero-order chi connectivity index (χ0) is 18.2. The molecule has 0 bridgehead atoms. The summed E-state index contributed by atoms with van der Waals surface area (Å²) in [5.74, 6) is -0.483. The van der Waals surface area contributed by atoms with E-state index in [2.05, 4.69) is 24.1 Å². The quantitative estimate of drug-likeness (QED) is 0.603. The van der Waals surface area contributed by atoms with Crippen molar-refractivity contribution >= 4 is 35.0 Å². The summed E-state index contributed by atoms with van der Waals surface area (Å²) in [6.45, 7) is 6.05. The van der Waals surface area contributed by atoms with Crippen LogP contribution in [0.2, 0.25) is 5.02 Å². The van der Waals surface area contributed by atoms with E-state index in [1.165, 1.54) is 0 Å².